The first-order valence-electron chi connectivity index (χ1n) is 9.28. The summed E-state index contributed by atoms with van der Waals surface area (Å²) in [4.78, 5) is 30.7. The number of nitrogens with one attached hydrogen (secondary N) is 1. The van der Waals surface area contributed by atoms with Gasteiger partial charge in [-0.25, -0.2) is 4.79 Å². The number of carbonyl (C=O) groups is 2. The number of rotatable bonds is 4. The zero-order valence-electron chi connectivity index (χ0n) is 14.1. The molecule has 1 N–H and O–H groups in total. The molecule has 3 fully saturated rings. The zero-order valence-corrected chi connectivity index (χ0v) is 14.1. The highest BCUT2D eigenvalue weighted by atomic mass is 16.2. The van der Waals surface area contributed by atoms with Crippen molar-refractivity contribution in [1.29, 1.82) is 0 Å². The Balaban J connectivity index is 1.35. The van der Waals surface area contributed by atoms with Gasteiger partial charge in [0.25, 0.3) is 0 Å². The van der Waals surface area contributed by atoms with E-state index in [9.17, 15) is 9.59 Å². The third-order valence-corrected chi connectivity index (χ3v) is 5.44. The monoisotopic (exact) mass is 322 g/mol. The van der Waals surface area contributed by atoms with Gasteiger partial charge in [0.05, 0.1) is 0 Å². The fraction of sp³-hybridized carbons (Fsp3) is 0.882. The second kappa shape index (κ2) is 7.99. The zero-order chi connectivity index (χ0) is 16.1. The van der Waals surface area contributed by atoms with Crippen LogP contribution in [0.3, 0.4) is 0 Å². The third-order valence-electron chi connectivity index (χ3n) is 5.44. The molecular weight excluding hydrogens is 292 g/mol. The number of carbonyl (C=O) groups excluding carboxylic acids is 2. The van der Waals surface area contributed by atoms with Gasteiger partial charge in [-0.15, -0.1) is 0 Å². The molecule has 0 radical (unpaired) electrons. The van der Waals surface area contributed by atoms with Crippen molar-refractivity contribution >= 4 is 11.9 Å². The maximum Gasteiger partial charge on any atom is 0.317 e. The van der Waals surface area contributed by atoms with Crippen molar-refractivity contribution in [1.82, 2.24) is 20.0 Å². The van der Waals surface area contributed by atoms with E-state index in [2.05, 4.69) is 10.2 Å². The van der Waals surface area contributed by atoms with Crippen molar-refractivity contribution in [2.45, 2.75) is 51.0 Å². The number of urea groups is 1. The van der Waals surface area contributed by atoms with E-state index in [4.69, 9.17) is 0 Å². The lowest BCUT2D eigenvalue weighted by Gasteiger charge is -2.35. The molecule has 3 amide bonds. The minimum Gasteiger partial charge on any atom is -0.339 e. The highest BCUT2D eigenvalue weighted by Gasteiger charge is 2.26. The quantitative estimate of drug-likeness (QED) is 0.848. The van der Waals surface area contributed by atoms with Gasteiger partial charge in [0.15, 0.2) is 0 Å². The Morgan fingerprint density at radius 2 is 1.43 bits per heavy atom. The molecule has 0 aromatic carbocycles. The van der Waals surface area contributed by atoms with Crippen molar-refractivity contribution in [2.75, 3.05) is 45.8 Å². The summed E-state index contributed by atoms with van der Waals surface area (Å²) in [6.45, 7) is 5.85. The molecule has 3 rings (SSSR count). The first-order valence-corrected chi connectivity index (χ1v) is 9.28. The van der Waals surface area contributed by atoms with Crippen LogP contribution >= 0.6 is 0 Å². The molecule has 23 heavy (non-hydrogen) atoms. The van der Waals surface area contributed by atoms with Crippen molar-refractivity contribution in [2.24, 2.45) is 0 Å². The van der Waals surface area contributed by atoms with Gasteiger partial charge in [0.1, 0.15) is 0 Å². The molecule has 1 aliphatic carbocycles. The molecule has 0 atom stereocenters. The van der Waals surface area contributed by atoms with Crippen LogP contribution in [0.1, 0.15) is 44.9 Å². The summed E-state index contributed by atoms with van der Waals surface area (Å²) in [6, 6.07) is 0.420. The van der Waals surface area contributed by atoms with E-state index in [1.54, 1.807) is 0 Å². The van der Waals surface area contributed by atoms with Gasteiger partial charge in [0, 0.05) is 45.2 Å². The lowest BCUT2D eigenvalue weighted by atomic mass is 10.2. The highest BCUT2D eigenvalue weighted by Crippen LogP contribution is 2.18. The van der Waals surface area contributed by atoms with Crippen LogP contribution in [0.25, 0.3) is 0 Å². The summed E-state index contributed by atoms with van der Waals surface area (Å²) in [7, 11) is 0. The van der Waals surface area contributed by atoms with E-state index >= 15 is 0 Å². The average molecular weight is 322 g/mol. The molecule has 6 nitrogen and oxygen atoms in total. The van der Waals surface area contributed by atoms with Crippen LogP contribution in [0.2, 0.25) is 0 Å². The van der Waals surface area contributed by atoms with Crippen LogP contribution < -0.4 is 5.32 Å². The van der Waals surface area contributed by atoms with Crippen molar-refractivity contribution < 1.29 is 9.59 Å². The smallest absolute Gasteiger partial charge is 0.317 e. The Kier molecular flexibility index (Phi) is 5.75. The first kappa shape index (κ1) is 16.6. The average Bonchev–Trinajstić information content (AvgIpc) is 3.26. The van der Waals surface area contributed by atoms with Crippen LogP contribution in [-0.2, 0) is 4.79 Å². The summed E-state index contributed by atoms with van der Waals surface area (Å²) in [5.41, 5.74) is 0. The van der Waals surface area contributed by atoms with Crippen LogP contribution in [-0.4, -0.2) is 78.5 Å². The Labute approximate surface area is 139 Å². The SMILES string of the molecule is O=C(CCN1CCCC1)N1CCN(C(=O)NC2CCCC2)CC1. The molecule has 2 heterocycles. The number of hydrogen-bond acceptors (Lipinski definition) is 3. The minimum atomic E-state index is 0.0565. The predicted octanol–water partition coefficient (Wildman–Crippen LogP) is 1.27. The van der Waals surface area contributed by atoms with Crippen LogP contribution in [0, 0.1) is 0 Å². The molecule has 0 bridgehead atoms. The molecule has 0 unspecified atom stereocenters. The summed E-state index contributed by atoms with van der Waals surface area (Å²) >= 11 is 0. The van der Waals surface area contributed by atoms with E-state index in [0.29, 0.717) is 38.6 Å². The molecule has 2 saturated heterocycles. The lowest BCUT2D eigenvalue weighted by Crippen LogP contribution is -2.54. The van der Waals surface area contributed by atoms with Gasteiger partial charge >= 0.3 is 6.03 Å². The van der Waals surface area contributed by atoms with E-state index in [1.807, 2.05) is 9.80 Å². The minimum absolute atomic E-state index is 0.0565. The fourth-order valence-electron chi connectivity index (χ4n) is 3.91. The second-order valence-corrected chi connectivity index (χ2v) is 7.10. The third kappa shape index (κ3) is 4.59. The number of nitrogens with zero attached hydrogens (tertiary/aromatic N) is 3. The molecule has 3 aliphatic rings. The van der Waals surface area contributed by atoms with Crippen LogP contribution in [0.15, 0.2) is 0 Å². The largest absolute Gasteiger partial charge is 0.339 e. The fourth-order valence-corrected chi connectivity index (χ4v) is 3.91. The predicted molar refractivity (Wildman–Crippen MR) is 89.2 cm³/mol. The van der Waals surface area contributed by atoms with Crippen LogP contribution in [0.4, 0.5) is 4.79 Å². The van der Waals surface area contributed by atoms with Gasteiger partial charge in [-0.3, -0.25) is 4.79 Å². The van der Waals surface area contributed by atoms with E-state index in [0.717, 1.165) is 32.5 Å². The molecular formula is C17H30N4O2. The summed E-state index contributed by atoms with van der Waals surface area (Å²) in [6.07, 6.45) is 7.83. The van der Waals surface area contributed by atoms with Gasteiger partial charge in [-0.2, -0.15) is 0 Å². The first-order chi connectivity index (χ1) is 11.2. The maximum atomic E-state index is 12.3. The summed E-state index contributed by atoms with van der Waals surface area (Å²) in [5.74, 6) is 0.243. The van der Waals surface area contributed by atoms with Crippen LogP contribution in [0.5, 0.6) is 0 Å². The van der Waals surface area contributed by atoms with Gasteiger partial charge in [0.2, 0.25) is 5.91 Å². The Bertz CT molecular complexity index is 409. The Hall–Kier alpha value is -1.30. The summed E-state index contributed by atoms with van der Waals surface area (Å²) in [5, 5.41) is 3.13. The van der Waals surface area contributed by atoms with Gasteiger partial charge in [-0.1, -0.05) is 12.8 Å². The number of hydrogen-bond donors (Lipinski definition) is 1. The van der Waals surface area contributed by atoms with E-state index < -0.39 is 0 Å². The number of piperazine rings is 1. The number of likely N-dealkylation sites (tertiary alicyclic amines) is 1. The molecule has 0 aromatic heterocycles. The number of amides is 3. The molecule has 6 heteroatoms. The van der Waals surface area contributed by atoms with Crippen molar-refractivity contribution in [3.05, 3.63) is 0 Å². The topological polar surface area (TPSA) is 55.9 Å². The Morgan fingerprint density at radius 3 is 2.09 bits per heavy atom. The van der Waals surface area contributed by atoms with E-state index in [1.165, 1.54) is 25.7 Å². The molecule has 0 spiro atoms. The molecule has 1 saturated carbocycles. The molecule has 0 aromatic rings. The van der Waals surface area contributed by atoms with Gasteiger partial charge in [-0.05, 0) is 38.8 Å². The van der Waals surface area contributed by atoms with Crippen molar-refractivity contribution in [3.8, 4) is 0 Å². The lowest BCUT2D eigenvalue weighted by molar-refractivity contribution is -0.132. The van der Waals surface area contributed by atoms with Crippen molar-refractivity contribution in [3.63, 3.8) is 0 Å². The standard InChI is InChI=1S/C17H30N4O2/c22-16(7-10-19-8-3-4-9-19)20-11-13-21(14-12-20)17(23)18-15-5-1-2-6-15/h15H,1-14H2,(H,18,23). The Morgan fingerprint density at radius 1 is 0.826 bits per heavy atom. The normalized spacial score (nSPS) is 23.5. The highest BCUT2D eigenvalue weighted by molar-refractivity contribution is 5.78. The second-order valence-electron chi connectivity index (χ2n) is 7.10. The van der Waals surface area contributed by atoms with Gasteiger partial charge < -0.3 is 20.0 Å². The summed E-state index contributed by atoms with van der Waals surface area (Å²) < 4.78 is 0. The molecule has 2 aliphatic heterocycles. The maximum absolute atomic E-state index is 12.3. The van der Waals surface area contributed by atoms with E-state index in [-0.39, 0.29) is 11.9 Å². The molecule has 130 valence electrons.